The van der Waals surface area contributed by atoms with Crippen molar-refractivity contribution in [1.82, 2.24) is 4.98 Å². The number of Topliss-reactive ketones (excluding diaryl/α,β-unsaturated/α-hetero) is 1. The first-order valence-electron chi connectivity index (χ1n) is 6.40. The van der Waals surface area contributed by atoms with E-state index in [0.29, 0.717) is 12.1 Å². The minimum atomic E-state index is 0.151. The summed E-state index contributed by atoms with van der Waals surface area (Å²) in [5, 5.41) is 0. The number of rotatable bonds is 5. The molecule has 0 saturated carbocycles. The van der Waals surface area contributed by atoms with Crippen molar-refractivity contribution in [3.05, 3.63) is 29.6 Å². The molecular weight excluding hydrogens is 214 g/mol. The number of hydrogen-bond acceptors (Lipinski definition) is 3. The van der Waals surface area contributed by atoms with Crippen LogP contribution in [0.2, 0.25) is 0 Å². The van der Waals surface area contributed by atoms with E-state index in [1.54, 1.807) is 6.20 Å². The van der Waals surface area contributed by atoms with Crippen molar-refractivity contribution < 1.29 is 9.53 Å². The van der Waals surface area contributed by atoms with Crippen LogP contribution in [0.1, 0.15) is 48.7 Å². The van der Waals surface area contributed by atoms with Gasteiger partial charge >= 0.3 is 0 Å². The van der Waals surface area contributed by atoms with Crippen LogP contribution in [0.15, 0.2) is 18.3 Å². The lowest BCUT2D eigenvalue weighted by molar-refractivity contribution is 0.0855. The SMILES string of the molecule is CCc1cccnc1C(=O)CCC1CCCO1. The maximum Gasteiger partial charge on any atom is 0.181 e. The number of nitrogens with zero attached hydrogens (tertiary/aromatic N) is 1. The van der Waals surface area contributed by atoms with E-state index < -0.39 is 0 Å². The first-order chi connectivity index (χ1) is 8.31. The molecule has 1 atom stereocenters. The van der Waals surface area contributed by atoms with Crippen molar-refractivity contribution in [3.63, 3.8) is 0 Å². The Morgan fingerprint density at radius 2 is 2.47 bits per heavy atom. The number of ether oxygens (including phenoxy) is 1. The number of hydrogen-bond donors (Lipinski definition) is 0. The highest BCUT2D eigenvalue weighted by Gasteiger charge is 2.18. The molecule has 0 amide bonds. The highest BCUT2D eigenvalue weighted by atomic mass is 16.5. The van der Waals surface area contributed by atoms with E-state index in [2.05, 4.69) is 4.98 Å². The van der Waals surface area contributed by atoms with Crippen molar-refractivity contribution >= 4 is 5.78 Å². The van der Waals surface area contributed by atoms with Crippen LogP contribution in [-0.4, -0.2) is 23.5 Å². The summed E-state index contributed by atoms with van der Waals surface area (Å²) in [7, 11) is 0. The fraction of sp³-hybridized carbons (Fsp3) is 0.571. The molecule has 0 radical (unpaired) electrons. The summed E-state index contributed by atoms with van der Waals surface area (Å²) < 4.78 is 5.52. The zero-order valence-electron chi connectivity index (χ0n) is 10.3. The fourth-order valence-corrected chi connectivity index (χ4v) is 2.26. The molecule has 0 spiro atoms. The van der Waals surface area contributed by atoms with Crippen LogP contribution in [0, 0.1) is 0 Å². The Kier molecular flexibility index (Phi) is 4.26. The second kappa shape index (κ2) is 5.92. The number of ketones is 1. The van der Waals surface area contributed by atoms with Gasteiger partial charge in [0.05, 0.1) is 6.10 Å². The van der Waals surface area contributed by atoms with Gasteiger partial charge in [-0.05, 0) is 37.3 Å². The second-order valence-electron chi connectivity index (χ2n) is 4.46. The molecule has 1 aromatic heterocycles. The summed E-state index contributed by atoms with van der Waals surface area (Å²) in [6, 6.07) is 3.86. The maximum atomic E-state index is 12.1. The molecule has 1 aromatic rings. The van der Waals surface area contributed by atoms with Crippen molar-refractivity contribution in [2.24, 2.45) is 0 Å². The Morgan fingerprint density at radius 3 is 3.18 bits per heavy atom. The lowest BCUT2D eigenvalue weighted by Gasteiger charge is -2.09. The van der Waals surface area contributed by atoms with Crippen LogP contribution in [-0.2, 0) is 11.2 Å². The highest BCUT2D eigenvalue weighted by Crippen LogP contribution is 2.18. The monoisotopic (exact) mass is 233 g/mol. The summed E-state index contributed by atoms with van der Waals surface area (Å²) in [5.41, 5.74) is 1.69. The van der Waals surface area contributed by atoms with E-state index >= 15 is 0 Å². The van der Waals surface area contributed by atoms with Gasteiger partial charge in [0, 0.05) is 19.2 Å². The molecule has 1 aliphatic rings. The summed E-state index contributed by atoms with van der Waals surface area (Å²) in [6.45, 7) is 2.90. The van der Waals surface area contributed by atoms with Gasteiger partial charge in [-0.2, -0.15) is 0 Å². The van der Waals surface area contributed by atoms with Crippen LogP contribution in [0.5, 0.6) is 0 Å². The Labute approximate surface area is 102 Å². The van der Waals surface area contributed by atoms with Crippen molar-refractivity contribution in [2.75, 3.05) is 6.61 Å². The van der Waals surface area contributed by atoms with Gasteiger partial charge in [0.1, 0.15) is 5.69 Å². The number of pyridine rings is 1. The molecule has 2 heterocycles. The molecule has 2 rings (SSSR count). The Bertz CT molecular complexity index is 384. The number of carbonyl (C=O) groups excluding carboxylic acids is 1. The second-order valence-corrected chi connectivity index (χ2v) is 4.46. The number of carbonyl (C=O) groups is 1. The average Bonchev–Trinajstić information content (AvgIpc) is 2.89. The van der Waals surface area contributed by atoms with Crippen LogP contribution in [0.4, 0.5) is 0 Å². The molecule has 17 heavy (non-hydrogen) atoms. The summed E-state index contributed by atoms with van der Waals surface area (Å²) >= 11 is 0. The van der Waals surface area contributed by atoms with Gasteiger partial charge in [-0.1, -0.05) is 13.0 Å². The minimum absolute atomic E-state index is 0.151. The molecule has 3 heteroatoms. The molecule has 0 aromatic carbocycles. The molecular formula is C14H19NO2. The summed E-state index contributed by atoms with van der Waals surface area (Å²) in [6.07, 6.45) is 6.44. The predicted octanol–water partition coefficient (Wildman–Crippen LogP) is 2.79. The van der Waals surface area contributed by atoms with E-state index in [1.807, 2.05) is 19.1 Å². The minimum Gasteiger partial charge on any atom is -0.378 e. The molecule has 0 bridgehead atoms. The third kappa shape index (κ3) is 3.13. The van der Waals surface area contributed by atoms with E-state index in [0.717, 1.165) is 37.9 Å². The van der Waals surface area contributed by atoms with Crippen LogP contribution in [0.3, 0.4) is 0 Å². The molecule has 3 nitrogen and oxygen atoms in total. The molecule has 1 fully saturated rings. The first-order valence-corrected chi connectivity index (χ1v) is 6.40. The standard InChI is InChI=1S/C14H19NO2/c1-2-11-5-3-9-15-14(11)13(16)8-7-12-6-4-10-17-12/h3,5,9,12H,2,4,6-8,10H2,1H3. The van der Waals surface area contributed by atoms with E-state index in [-0.39, 0.29) is 11.9 Å². The molecule has 0 N–H and O–H groups in total. The van der Waals surface area contributed by atoms with Crippen molar-refractivity contribution in [3.8, 4) is 0 Å². The number of aryl methyl sites for hydroxylation is 1. The Balaban J connectivity index is 1.94. The highest BCUT2D eigenvalue weighted by molar-refractivity contribution is 5.95. The maximum absolute atomic E-state index is 12.1. The number of aromatic nitrogens is 1. The van der Waals surface area contributed by atoms with E-state index in [1.165, 1.54) is 0 Å². The Morgan fingerprint density at radius 1 is 1.59 bits per heavy atom. The van der Waals surface area contributed by atoms with Crippen LogP contribution >= 0.6 is 0 Å². The summed E-state index contributed by atoms with van der Waals surface area (Å²) in [5.74, 6) is 0.151. The van der Waals surface area contributed by atoms with Gasteiger partial charge in [0.25, 0.3) is 0 Å². The third-order valence-electron chi connectivity index (χ3n) is 3.25. The van der Waals surface area contributed by atoms with Gasteiger partial charge in [-0.15, -0.1) is 0 Å². The molecule has 0 aliphatic carbocycles. The predicted molar refractivity (Wildman–Crippen MR) is 66.2 cm³/mol. The topological polar surface area (TPSA) is 39.2 Å². The lowest BCUT2D eigenvalue weighted by Crippen LogP contribution is -2.11. The smallest absolute Gasteiger partial charge is 0.181 e. The van der Waals surface area contributed by atoms with Crippen LogP contribution in [0.25, 0.3) is 0 Å². The molecule has 1 unspecified atom stereocenters. The first kappa shape index (κ1) is 12.2. The quantitative estimate of drug-likeness (QED) is 0.734. The Hall–Kier alpha value is -1.22. The summed E-state index contributed by atoms with van der Waals surface area (Å²) in [4.78, 5) is 16.3. The molecule has 1 aliphatic heterocycles. The van der Waals surface area contributed by atoms with Crippen molar-refractivity contribution in [1.29, 1.82) is 0 Å². The van der Waals surface area contributed by atoms with Gasteiger partial charge in [-0.3, -0.25) is 9.78 Å². The zero-order valence-corrected chi connectivity index (χ0v) is 10.3. The third-order valence-corrected chi connectivity index (χ3v) is 3.25. The fourth-order valence-electron chi connectivity index (χ4n) is 2.26. The van der Waals surface area contributed by atoms with Gasteiger partial charge in [-0.25, -0.2) is 0 Å². The lowest BCUT2D eigenvalue weighted by atomic mass is 10.0. The largest absolute Gasteiger partial charge is 0.378 e. The van der Waals surface area contributed by atoms with Crippen LogP contribution < -0.4 is 0 Å². The molecule has 1 saturated heterocycles. The zero-order chi connectivity index (χ0) is 12.1. The van der Waals surface area contributed by atoms with E-state index in [4.69, 9.17) is 4.74 Å². The average molecular weight is 233 g/mol. The van der Waals surface area contributed by atoms with Gasteiger partial charge in [0.2, 0.25) is 0 Å². The molecule has 92 valence electrons. The van der Waals surface area contributed by atoms with Crippen molar-refractivity contribution in [2.45, 2.75) is 45.1 Å². The van der Waals surface area contributed by atoms with E-state index in [9.17, 15) is 4.79 Å². The van der Waals surface area contributed by atoms with Gasteiger partial charge < -0.3 is 4.74 Å². The van der Waals surface area contributed by atoms with Gasteiger partial charge in [0.15, 0.2) is 5.78 Å². The normalized spacial score (nSPS) is 19.5.